The molecule has 0 aliphatic carbocycles. The number of hydrogen-bond donors (Lipinski definition) is 0. The van der Waals surface area contributed by atoms with Gasteiger partial charge in [0, 0.05) is 32.2 Å². The summed E-state index contributed by atoms with van der Waals surface area (Å²) in [7, 11) is 4.29. The summed E-state index contributed by atoms with van der Waals surface area (Å²) in [6, 6.07) is 2.45. The van der Waals surface area contributed by atoms with Crippen LogP contribution in [0.2, 0.25) is 0 Å². The fourth-order valence-corrected chi connectivity index (χ4v) is 5.30. The number of rotatable bonds is 11. The zero-order valence-corrected chi connectivity index (χ0v) is 23.3. The van der Waals surface area contributed by atoms with E-state index in [1.54, 1.807) is 17.0 Å². The third-order valence-electron chi connectivity index (χ3n) is 7.23. The maximum Gasteiger partial charge on any atom is 0.416 e. The van der Waals surface area contributed by atoms with Crippen LogP contribution in [-0.2, 0) is 28.5 Å². The molecule has 0 aromatic heterocycles. The number of benzene rings is 1. The van der Waals surface area contributed by atoms with Crippen molar-refractivity contribution in [2.75, 3.05) is 52.6 Å². The Morgan fingerprint density at radius 2 is 1.90 bits per heavy atom. The van der Waals surface area contributed by atoms with Gasteiger partial charge in [0.05, 0.1) is 38.7 Å². The minimum atomic E-state index is -1.00. The molecule has 1 aromatic carbocycles. The van der Waals surface area contributed by atoms with Gasteiger partial charge in [-0.2, -0.15) is 0 Å². The first-order valence-corrected chi connectivity index (χ1v) is 13.5. The lowest BCUT2D eigenvalue weighted by atomic mass is 10.1. The number of esters is 1. The van der Waals surface area contributed by atoms with Crippen LogP contribution >= 0.6 is 0 Å². The van der Waals surface area contributed by atoms with Crippen LogP contribution in [0.15, 0.2) is 24.8 Å². The number of nitrogens with zero attached hydrogens (tertiary/aromatic N) is 2. The molecule has 220 valence electrons. The molecule has 2 saturated heterocycles. The van der Waals surface area contributed by atoms with Crippen LogP contribution < -0.4 is 14.4 Å². The zero-order chi connectivity index (χ0) is 28.6. The van der Waals surface area contributed by atoms with E-state index >= 15 is 0 Å². The van der Waals surface area contributed by atoms with Crippen molar-refractivity contribution in [2.24, 2.45) is 0 Å². The predicted octanol–water partition coefficient (Wildman–Crippen LogP) is 3.27. The van der Waals surface area contributed by atoms with Gasteiger partial charge >= 0.3 is 12.1 Å². The number of hydrogen-bond acceptors (Lipinski definition) is 10. The molecule has 0 bridgehead atoms. The fraction of sp³-hybridized carbons (Fsp3) is 0.607. The second-order valence-corrected chi connectivity index (χ2v) is 9.65. The molecule has 4 atom stereocenters. The van der Waals surface area contributed by atoms with Crippen molar-refractivity contribution in [3.8, 4) is 11.5 Å². The molecule has 12 heteroatoms. The molecule has 2 unspecified atom stereocenters. The van der Waals surface area contributed by atoms with Gasteiger partial charge < -0.3 is 38.1 Å². The molecule has 1 aromatic rings. The molecule has 2 amide bonds. The van der Waals surface area contributed by atoms with E-state index in [4.69, 9.17) is 33.2 Å². The summed E-state index contributed by atoms with van der Waals surface area (Å²) in [5, 5.41) is 0. The van der Waals surface area contributed by atoms with Crippen molar-refractivity contribution in [3.63, 3.8) is 0 Å². The minimum absolute atomic E-state index is 0.0413. The summed E-state index contributed by atoms with van der Waals surface area (Å²) in [5.41, 5.74) is 0.497. The Kier molecular flexibility index (Phi) is 10.2. The van der Waals surface area contributed by atoms with Crippen molar-refractivity contribution in [1.82, 2.24) is 4.90 Å². The molecule has 0 spiro atoms. The monoisotopic (exact) mass is 562 g/mol. The van der Waals surface area contributed by atoms with Gasteiger partial charge in [0.15, 0.2) is 24.0 Å². The summed E-state index contributed by atoms with van der Waals surface area (Å²) < 4.78 is 39.8. The molecule has 0 saturated carbocycles. The number of fused-ring (bicyclic) bond motifs is 2. The van der Waals surface area contributed by atoms with Crippen LogP contribution in [0.5, 0.6) is 11.5 Å². The third kappa shape index (κ3) is 6.34. The Bertz CT molecular complexity index is 1070. The summed E-state index contributed by atoms with van der Waals surface area (Å²) >= 11 is 0. The summed E-state index contributed by atoms with van der Waals surface area (Å²) in [6.07, 6.45) is 2.28. The third-order valence-corrected chi connectivity index (χ3v) is 7.23. The van der Waals surface area contributed by atoms with Gasteiger partial charge in [0.2, 0.25) is 0 Å². The summed E-state index contributed by atoms with van der Waals surface area (Å²) in [4.78, 5) is 42.3. The van der Waals surface area contributed by atoms with Gasteiger partial charge in [-0.05, 0) is 38.2 Å². The number of anilines is 1. The van der Waals surface area contributed by atoms with E-state index in [1.165, 1.54) is 32.3 Å². The normalized spacial score (nSPS) is 24.0. The van der Waals surface area contributed by atoms with E-state index in [9.17, 15) is 14.4 Å². The first kappa shape index (κ1) is 29.6. The zero-order valence-electron chi connectivity index (χ0n) is 23.3. The Morgan fingerprint density at radius 1 is 1.12 bits per heavy atom. The lowest BCUT2D eigenvalue weighted by Crippen LogP contribution is -2.57. The topological polar surface area (TPSA) is 122 Å². The maximum atomic E-state index is 14.0. The smallest absolute Gasteiger partial charge is 0.416 e. The second-order valence-electron chi connectivity index (χ2n) is 9.65. The highest BCUT2D eigenvalue weighted by Gasteiger charge is 2.52. The van der Waals surface area contributed by atoms with Crippen LogP contribution in [-0.4, -0.2) is 95.2 Å². The number of methoxy groups -OCH3 is 3. The van der Waals surface area contributed by atoms with E-state index in [2.05, 4.69) is 6.58 Å². The molecular formula is C28H38N2O10. The molecule has 3 aliphatic heterocycles. The van der Waals surface area contributed by atoms with E-state index in [0.717, 1.165) is 12.8 Å². The van der Waals surface area contributed by atoms with Crippen molar-refractivity contribution in [3.05, 3.63) is 30.4 Å². The largest absolute Gasteiger partial charge is 0.493 e. The average Bonchev–Trinajstić information content (AvgIpc) is 3.37. The van der Waals surface area contributed by atoms with E-state index in [0.29, 0.717) is 43.9 Å². The van der Waals surface area contributed by atoms with Crippen molar-refractivity contribution in [1.29, 1.82) is 0 Å². The lowest BCUT2D eigenvalue weighted by molar-refractivity contribution is -0.201. The quantitative estimate of drug-likeness (QED) is 0.226. The van der Waals surface area contributed by atoms with Crippen LogP contribution in [0.1, 0.15) is 48.9 Å². The number of ether oxygens (including phenoxy) is 7. The van der Waals surface area contributed by atoms with Crippen LogP contribution in [0, 0.1) is 0 Å². The first-order chi connectivity index (χ1) is 19.4. The summed E-state index contributed by atoms with van der Waals surface area (Å²) in [5.74, 6) is 0.0430. The SMILES string of the molecule is C=CCOC(=O)N1c2cc(OC)c(OC)cc2C(=O)N2CC[C@H](OCCCC(=O)OC)[C@H]2C1OC1CCCCO1. The van der Waals surface area contributed by atoms with Gasteiger partial charge in [0.25, 0.3) is 5.91 Å². The molecule has 3 heterocycles. The fourth-order valence-electron chi connectivity index (χ4n) is 5.30. The van der Waals surface area contributed by atoms with Gasteiger partial charge in [0.1, 0.15) is 12.6 Å². The lowest BCUT2D eigenvalue weighted by Gasteiger charge is -2.39. The molecule has 0 N–H and O–H groups in total. The van der Waals surface area contributed by atoms with Gasteiger partial charge in [-0.25, -0.2) is 9.69 Å². The van der Waals surface area contributed by atoms with Crippen LogP contribution in [0.4, 0.5) is 10.5 Å². The molecule has 4 rings (SSSR count). The second kappa shape index (κ2) is 13.8. The van der Waals surface area contributed by atoms with Crippen LogP contribution in [0.3, 0.4) is 0 Å². The molecule has 40 heavy (non-hydrogen) atoms. The Labute approximate surface area is 234 Å². The highest BCUT2D eigenvalue weighted by atomic mass is 16.7. The molecule has 3 aliphatic rings. The van der Waals surface area contributed by atoms with E-state index < -0.39 is 30.8 Å². The van der Waals surface area contributed by atoms with Crippen LogP contribution in [0.25, 0.3) is 0 Å². The molecule has 2 fully saturated rings. The van der Waals surface area contributed by atoms with E-state index in [1.807, 2.05) is 0 Å². The van der Waals surface area contributed by atoms with Gasteiger partial charge in [-0.3, -0.25) is 9.59 Å². The Morgan fingerprint density at radius 3 is 2.58 bits per heavy atom. The first-order valence-electron chi connectivity index (χ1n) is 13.5. The minimum Gasteiger partial charge on any atom is -0.493 e. The summed E-state index contributed by atoms with van der Waals surface area (Å²) in [6.45, 7) is 4.77. The van der Waals surface area contributed by atoms with Crippen molar-refractivity contribution in [2.45, 2.75) is 63.2 Å². The maximum absolute atomic E-state index is 14.0. The molecule has 12 nitrogen and oxygen atoms in total. The molecular weight excluding hydrogens is 524 g/mol. The highest BCUT2D eigenvalue weighted by Crippen LogP contribution is 2.43. The Balaban J connectivity index is 1.77. The standard InChI is InChI=1S/C28H38N2O10/c1-5-13-39-28(33)30-19-17-22(35-3)21(34-2)16-18(19)26(32)29-12-11-20(37-15-8-9-23(31)36-4)25(29)27(30)40-24-10-6-7-14-38-24/h5,16-17,20,24-25,27H,1,6-15H2,2-4H3/t20-,24?,25-,27?/m0/s1. The highest BCUT2D eigenvalue weighted by molar-refractivity contribution is 6.06. The average molecular weight is 563 g/mol. The van der Waals surface area contributed by atoms with Gasteiger partial charge in [-0.15, -0.1) is 0 Å². The number of amides is 2. The van der Waals surface area contributed by atoms with Crippen molar-refractivity contribution >= 4 is 23.7 Å². The van der Waals surface area contributed by atoms with E-state index in [-0.39, 0.29) is 42.8 Å². The van der Waals surface area contributed by atoms with Gasteiger partial charge in [-0.1, -0.05) is 12.7 Å². The Hall–Kier alpha value is -3.35. The van der Waals surface area contributed by atoms with Crippen molar-refractivity contribution < 1.29 is 47.5 Å². The predicted molar refractivity (Wildman–Crippen MR) is 142 cm³/mol. The molecule has 0 radical (unpaired) electrons. The number of carbonyl (C=O) groups excluding carboxylic acids is 3. The number of carbonyl (C=O) groups is 3.